The minimum absolute atomic E-state index is 0.101. The van der Waals surface area contributed by atoms with Crippen molar-refractivity contribution >= 4 is 17.4 Å². The van der Waals surface area contributed by atoms with Gasteiger partial charge in [0.05, 0.1) is 22.8 Å². The summed E-state index contributed by atoms with van der Waals surface area (Å²) in [5, 5.41) is 16.6. The molecular weight excluding hydrogens is 274 g/mol. The monoisotopic (exact) mass is 297 g/mol. The zero-order valence-corrected chi connectivity index (χ0v) is 12.9. The molecule has 0 saturated heterocycles. The number of urea groups is 1. The van der Waals surface area contributed by atoms with Gasteiger partial charge >= 0.3 is 6.03 Å². The number of amides is 2. The summed E-state index contributed by atoms with van der Waals surface area (Å²) in [7, 11) is 0. The number of thiazole rings is 1. The van der Waals surface area contributed by atoms with E-state index in [0.29, 0.717) is 6.54 Å². The summed E-state index contributed by atoms with van der Waals surface area (Å²) < 4.78 is 0. The fraction of sp³-hybridized carbons (Fsp3) is 0.714. The average Bonchev–Trinajstić information content (AvgIpc) is 2.71. The molecular formula is C14H23N3O2S. The number of nitrogens with zero attached hydrogens (tertiary/aromatic N) is 1. The zero-order chi connectivity index (χ0) is 14.5. The number of hydrogen-bond donors (Lipinski definition) is 3. The lowest BCUT2D eigenvalue weighted by Crippen LogP contribution is -2.49. The Hall–Kier alpha value is -1.14. The lowest BCUT2D eigenvalue weighted by Gasteiger charge is -2.28. The van der Waals surface area contributed by atoms with Gasteiger partial charge in [-0.1, -0.05) is 12.8 Å². The summed E-state index contributed by atoms with van der Waals surface area (Å²) >= 11 is 1.68. The van der Waals surface area contributed by atoms with Crippen molar-refractivity contribution in [3.05, 3.63) is 15.6 Å². The molecule has 20 heavy (non-hydrogen) atoms. The molecule has 0 radical (unpaired) electrons. The minimum atomic E-state index is -0.402. The molecule has 5 nitrogen and oxygen atoms in total. The van der Waals surface area contributed by atoms with E-state index in [1.165, 1.54) is 4.88 Å². The molecule has 1 aliphatic rings. The second kappa shape index (κ2) is 7.04. The molecule has 1 aromatic heterocycles. The van der Waals surface area contributed by atoms with Crippen LogP contribution in [0.4, 0.5) is 4.79 Å². The van der Waals surface area contributed by atoms with E-state index in [1.54, 1.807) is 11.3 Å². The number of carbonyl (C=O) groups excluding carboxylic acids is 1. The van der Waals surface area contributed by atoms with Crippen molar-refractivity contribution in [1.29, 1.82) is 0 Å². The van der Waals surface area contributed by atoms with E-state index >= 15 is 0 Å². The van der Waals surface area contributed by atoms with Crippen LogP contribution in [0.15, 0.2) is 0 Å². The molecule has 1 saturated carbocycles. The molecule has 3 N–H and O–H groups in total. The van der Waals surface area contributed by atoms with Crippen LogP contribution in [0.25, 0.3) is 0 Å². The Morgan fingerprint density at radius 2 is 2.15 bits per heavy atom. The Morgan fingerprint density at radius 1 is 1.40 bits per heavy atom. The average molecular weight is 297 g/mol. The molecule has 1 aliphatic carbocycles. The highest BCUT2D eigenvalue weighted by atomic mass is 32.1. The second-order valence-electron chi connectivity index (χ2n) is 5.35. The van der Waals surface area contributed by atoms with Crippen LogP contribution in [0.1, 0.15) is 41.3 Å². The van der Waals surface area contributed by atoms with Crippen molar-refractivity contribution < 1.29 is 9.90 Å². The Balaban J connectivity index is 1.71. The Kier molecular flexibility index (Phi) is 5.37. The van der Waals surface area contributed by atoms with Crippen LogP contribution < -0.4 is 10.6 Å². The smallest absolute Gasteiger partial charge is 0.315 e. The van der Waals surface area contributed by atoms with Crippen LogP contribution in [0, 0.1) is 13.8 Å². The van der Waals surface area contributed by atoms with Crippen LogP contribution in [-0.4, -0.2) is 34.8 Å². The fourth-order valence-electron chi connectivity index (χ4n) is 2.59. The molecule has 0 spiro atoms. The molecule has 2 unspecified atom stereocenters. The van der Waals surface area contributed by atoms with Crippen LogP contribution in [-0.2, 0) is 6.42 Å². The van der Waals surface area contributed by atoms with Gasteiger partial charge in [0, 0.05) is 17.8 Å². The molecule has 2 amide bonds. The van der Waals surface area contributed by atoms with Crippen molar-refractivity contribution in [2.45, 2.75) is 58.1 Å². The van der Waals surface area contributed by atoms with Gasteiger partial charge in [-0.3, -0.25) is 0 Å². The minimum Gasteiger partial charge on any atom is -0.391 e. The first-order chi connectivity index (χ1) is 9.56. The number of carbonyl (C=O) groups is 1. The van der Waals surface area contributed by atoms with E-state index in [1.807, 2.05) is 13.8 Å². The van der Waals surface area contributed by atoms with Crippen molar-refractivity contribution in [2.75, 3.05) is 6.54 Å². The first-order valence-corrected chi connectivity index (χ1v) is 8.03. The quantitative estimate of drug-likeness (QED) is 0.794. The highest BCUT2D eigenvalue weighted by molar-refractivity contribution is 7.11. The number of aliphatic hydroxyl groups is 1. The number of aromatic nitrogens is 1. The normalized spacial score (nSPS) is 22.6. The molecule has 112 valence electrons. The number of aliphatic hydroxyl groups excluding tert-OH is 1. The standard InChI is InChI=1S/C14H23N3O2S/c1-9-13(20-10(2)16-9)7-8-15-14(19)17-11-5-3-4-6-12(11)18/h11-12,18H,3-8H2,1-2H3,(H2,15,17,19). The highest BCUT2D eigenvalue weighted by Crippen LogP contribution is 2.18. The highest BCUT2D eigenvalue weighted by Gasteiger charge is 2.24. The van der Waals surface area contributed by atoms with Gasteiger partial charge in [0.25, 0.3) is 0 Å². The number of aryl methyl sites for hydroxylation is 2. The molecule has 0 bridgehead atoms. The SMILES string of the molecule is Cc1nc(C)c(CCNC(=O)NC2CCCCC2O)s1. The van der Waals surface area contributed by atoms with Gasteiger partial charge in [-0.2, -0.15) is 0 Å². The number of rotatable bonds is 4. The van der Waals surface area contributed by atoms with Gasteiger partial charge < -0.3 is 15.7 Å². The summed E-state index contributed by atoms with van der Waals surface area (Å²) in [6.07, 6.45) is 4.16. The van der Waals surface area contributed by atoms with Gasteiger partial charge in [-0.25, -0.2) is 9.78 Å². The molecule has 1 heterocycles. The lowest BCUT2D eigenvalue weighted by atomic mass is 9.93. The molecule has 1 aromatic rings. The van der Waals surface area contributed by atoms with Gasteiger partial charge in [0.2, 0.25) is 0 Å². The van der Waals surface area contributed by atoms with Crippen LogP contribution in [0.5, 0.6) is 0 Å². The van der Waals surface area contributed by atoms with Crippen LogP contribution in [0.3, 0.4) is 0 Å². The zero-order valence-electron chi connectivity index (χ0n) is 12.1. The van der Waals surface area contributed by atoms with Gasteiger partial charge in [0.1, 0.15) is 0 Å². The van der Waals surface area contributed by atoms with Crippen molar-refractivity contribution in [3.63, 3.8) is 0 Å². The Morgan fingerprint density at radius 3 is 2.80 bits per heavy atom. The predicted molar refractivity (Wildman–Crippen MR) is 80.1 cm³/mol. The maximum absolute atomic E-state index is 11.8. The van der Waals surface area contributed by atoms with E-state index in [2.05, 4.69) is 15.6 Å². The van der Waals surface area contributed by atoms with Crippen molar-refractivity contribution in [2.24, 2.45) is 0 Å². The number of nitrogens with one attached hydrogen (secondary N) is 2. The van der Waals surface area contributed by atoms with E-state index in [0.717, 1.165) is 42.8 Å². The maximum atomic E-state index is 11.8. The van der Waals surface area contributed by atoms with Gasteiger partial charge in [0.15, 0.2) is 0 Å². The fourth-order valence-corrected chi connectivity index (χ4v) is 3.53. The van der Waals surface area contributed by atoms with E-state index in [4.69, 9.17) is 0 Å². The third-order valence-electron chi connectivity index (χ3n) is 3.68. The largest absolute Gasteiger partial charge is 0.391 e. The first kappa shape index (κ1) is 15.3. The van der Waals surface area contributed by atoms with Crippen molar-refractivity contribution in [1.82, 2.24) is 15.6 Å². The molecule has 2 rings (SSSR count). The molecule has 6 heteroatoms. The lowest BCUT2D eigenvalue weighted by molar-refractivity contribution is 0.0943. The number of hydrogen-bond acceptors (Lipinski definition) is 4. The second-order valence-corrected chi connectivity index (χ2v) is 6.64. The topological polar surface area (TPSA) is 74.2 Å². The van der Waals surface area contributed by atoms with E-state index in [9.17, 15) is 9.90 Å². The van der Waals surface area contributed by atoms with Crippen LogP contribution in [0.2, 0.25) is 0 Å². The Labute approximate surface area is 123 Å². The molecule has 1 fully saturated rings. The third kappa shape index (κ3) is 4.18. The summed E-state index contributed by atoms with van der Waals surface area (Å²) in [5.74, 6) is 0. The predicted octanol–water partition coefficient (Wildman–Crippen LogP) is 1.91. The molecule has 0 aliphatic heterocycles. The third-order valence-corrected chi connectivity index (χ3v) is 4.82. The molecule has 0 aromatic carbocycles. The van der Waals surface area contributed by atoms with Gasteiger partial charge in [-0.15, -0.1) is 11.3 Å². The van der Waals surface area contributed by atoms with Crippen molar-refractivity contribution in [3.8, 4) is 0 Å². The Bertz CT molecular complexity index is 461. The summed E-state index contributed by atoms with van der Waals surface area (Å²) in [4.78, 5) is 17.4. The first-order valence-electron chi connectivity index (χ1n) is 7.21. The summed E-state index contributed by atoms with van der Waals surface area (Å²) in [5.41, 5.74) is 1.05. The summed E-state index contributed by atoms with van der Waals surface area (Å²) in [6, 6.07) is -0.286. The molecule has 2 atom stereocenters. The maximum Gasteiger partial charge on any atom is 0.315 e. The van der Waals surface area contributed by atoms with E-state index < -0.39 is 6.10 Å². The van der Waals surface area contributed by atoms with Crippen LogP contribution >= 0.6 is 11.3 Å². The van der Waals surface area contributed by atoms with E-state index in [-0.39, 0.29) is 12.1 Å². The summed E-state index contributed by atoms with van der Waals surface area (Å²) in [6.45, 7) is 4.58. The van der Waals surface area contributed by atoms with Gasteiger partial charge in [-0.05, 0) is 26.7 Å².